The number of aryl methyl sites for hydroxylation is 1. The van der Waals surface area contributed by atoms with E-state index in [2.05, 4.69) is 10.3 Å². The molecule has 1 fully saturated rings. The lowest BCUT2D eigenvalue weighted by molar-refractivity contribution is -0.190. The van der Waals surface area contributed by atoms with Gasteiger partial charge in [0.15, 0.2) is 0 Å². The van der Waals surface area contributed by atoms with Crippen molar-refractivity contribution in [1.29, 1.82) is 0 Å². The van der Waals surface area contributed by atoms with Gasteiger partial charge in [0.1, 0.15) is 11.1 Å². The van der Waals surface area contributed by atoms with Crippen LogP contribution < -0.4 is 10.1 Å². The zero-order valence-electron chi connectivity index (χ0n) is 14.7. The van der Waals surface area contributed by atoms with Crippen molar-refractivity contribution in [1.82, 2.24) is 10.3 Å². The van der Waals surface area contributed by atoms with Crippen LogP contribution in [-0.2, 0) is 9.53 Å². The number of pyridine rings is 1. The Morgan fingerprint density at radius 2 is 2.08 bits per heavy atom. The highest BCUT2D eigenvalue weighted by Crippen LogP contribution is 2.51. The minimum Gasteiger partial charge on any atom is -0.480 e. The molecule has 0 aliphatic heterocycles. The zero-order valence-corrected chi connectivity index (χ0v) is 14.7. The molecule has 132 valence electrons. The van der Waals surface area contributed by atoms with Gasteiger partial charge in [0, 0.05) is 24.1 Å². The van der Waals surface area contributed by atoms with E-state index in [1.54, 1.807) is 32.9 Å². The Bertz CT molecular complexity index is 658. The van der Waals surface area contributed by atoms with Crippen molar-refractivity contribution >= 4 is 11.9 Å². The number of nitrogens with zero attached hydrogens (tertiary/aromatic N) is 1. The highest BCUT2D eigenvalue weighted by molar-refractivity contribution is 6.00. The molecule has 2 unspecified atom stereocenters. The van der Waals surface area contributed by atoms with Crippen molar-refractivity contribution in [2.24, 2.45) is 5.41 Å². The second-order valence-electron chi connectivity index (χ2n) is 6.54. The summed E-state index contributed by atoms with van der Waals surface area (Å²) in [5.41, 5.74) is -1.22. The average molecular weight is 336 g/mol. The summed E-state index contributed by atoms with van der Waals surface area (Å²) in [5, 5.41) is 12.4. The fourth-order valence-corrected chi connectivity index (χ4v) is 3.16. The molecule has 0 radical (unpaired) electrons. The van der Waals surface area contributed by atoms with Gasteiger partial charge in [-0.3, -0.25) is 4.79 Å². The Balaban J connectivity index is 2.30. The van der Waals surface area contributed by atoms with E-state index in [-0.39, 0.29) is 24.0 Å². The van der Waals surface area contributed by atoms with Gasteiger partial charge in [-0.05, 0) is 26.0 Å². The van der Waals surface area contributed by atoms with E-state index in [0.29, 0.717) is 12.3 Å². The first-order chi connectivity index (χ1) is 11.2. The predicted molar refractivity (Wildman–Crippen MR) is 87.2 cm³/mol. The van der Waals surface area contributed by atoms with Gasteiger partial charge in [-0.25, -0.2) is 9.78 Å². The molecule has 0 aromatic carbocycles. The monoisotopic (exact) mass is 336 g/mol. The summed E-state index contributed by atoms with van der Waals surface area (Å²) in [6.07, 6.45) is -0.00629. The first kappa shape index (κ1) is 18.2. The van der Waals surface area contributed by atoms with E-state index in [4.69, 9.17) is 9.47 Å². The average Bonchev–Trinajstić information content (AvgIpc) is 2.52. The van der Waals surface area contributed by atoms with Gasteiger partial charge < -0.3 is 19.9 Å². The van der Waals surface area contributed by atoms with Crippen LogP contribution in [0.3, 0.4) is 0 Å². The molecule has 1 aliphatic carbocycles. The summed E-state index contributed by atoms with van der Waals surface area (Å²) in [6, 6.07) is 3.26. The molecule has 0 spiro atoms. The Labute approximate surface area is 141 Å². The Morgan fingerprint density at radius 1 is 1.42 bits per heavy atom. The van der Waals surface area contributed by atoms with Crippen molar-refractivity contribution in [3.63, 3.8) is 0 Å². The highest BCUT2D eigenvalue weighted by atomic mass is 16.5. The molecule has 0 bridgehead atoms. The Hall–Kier alpha value is -2.15. The van der Waals surface area contributed by atoms with Crippen LogP contribution in [-0.4, -0.2) is 47.3 Å². The number of carbonyl (C=O) groups is 2. The molecule has 1 aromatic rings. The largest absolute Gasteiger partial charge is 0.480 e. The maximum absolute atomic E-state index is 12.7. The summed E-state index contributed by atoms with van der Waals surface area (Å²) < 4.78 is 10.7. The number of carbonyl (C=O) groups excluding carboxylic acids is 1. The number of ether oxygens (including phenoxy) is 2. The van der Waals surface area contributed by atoms with E-state index >= 15 is 0 Å². The van der Waals surface area contributed by atoms with Gasteiger partial charge in [0.05, 0.1) is 13.2 Å². The van der Waals surface area contributed by atoms with Crippen LogP contribution in [0.15, 0.2) is 12.1 Å². The predicted octanol–water partition coefficient (Wildman–Crippen LogP) is 1.79. The standard InChI is InChI=1S/C17H24N2O5/c1-6-24-12-9-17(15(21)22,16(12,3)4)19-13(20)11-8-7-10(2)18-14(11)23-5/h7-8,12H,6,9H2,1-5H3,(H,19,20)(H,21,22). The molecular weight excluding hydrogens is 312 g/mol. The number of aliphatic carboxylic acids is 1. The van der Waals surface area contributed by atoms with Gasteiger partial charge in [-0.2, -0.15) is 0 Å². The third-order valence-electron chi connectivity index (χ3n) is 4.89. The van der Waals surface area contributed by atoms with Crippen LogP contribution in [0.5, 0.6) is 5.88 Å². The van der Waals surface area contributed by atoms with Crippen LogP contribution in [0.25, 0.3) is 0 Å². The zero-order chi connectivity index (χ0) is 18.1. The van der Waals surface area contributed by atoms with E-state index in [9.17, 15) is 14.7 Å². The Morgan fingerprint density at radius 3 is 2.58 bits per heavy atom. The number of hydrogen-bond donors (Lipinski definition) is 2. The summed E-state index contributed by atoms with van der Waals surface area (Å²) in [4.78, 5) is 28.7. The molecular formula is C17H24N2O5. The van der Waals surface area contributed by atoms with Crippen LogP contribution in [0.1, 0.15) is 43.2 Å². The van der Waals surface area contributed by atoms with Crippen molar-refractivity contribution in [3.8, 4) is 5.88 Å². The molecule has 1 aromatic heterocycles. The molecule has 1 saturated carbocycles. The van der Waals surface area contributed by atoms with Gasteiger partial charge in [-0.15, -0.1) is 0 Å². The normalized spacial score (nSPS) is 24.8. The van der Waals surface area contributed by atoms with E-state index < -0.39 is 22.8 Å². The Kier molecular flexibility index (Phi) is 4.85. The molecule has 7 heteroatoms. The summed E-state index contributed by atoms with van der Waals surface area (Å²) in [6.45, 7) is 7.71. The van der Waals surface area contributed by atoms with Crippen LogP contribution >= 0.6 is 0 Å². The number of aromatic nitrogens is 1. The second kappa shape index (κ2) is 6.39. The first-order valence-electron chi connectivity index (χ1n) is 7.88. The number of amides is 1. The van der Waals surface area contributed by atoms with Gasteiger partial charge in [0.2, 0.25) is 5.88 Å². The maximum atomic E-state index is 12.7. The number of methoxy groups -OCH3 is 1. The van der Waals surface area contributed by atoms with Crippen LogP contribution in [0, 0.1) is 12.3 Å². The molecule has 24 heavy (non-hydrogen) atoms. The molecule has 2 N–H and O–H groups in total. The summed E-state index contributed by atoms with van der Waals surface area (Å²) in [7, 11) is 1.42. The molecule has 1 aliphatic rings. The number of nitrogens with one attached hydrogen (secondary N) is 1. The first-order valence-corrected chi connectivity index (χ1v) is 7.88. The minimum atomic E-state index is -1.39. The maximum Gasteiger partial charge on any atom is 0.330 e. The van der Waals surface area contributed by atoms with Gasteiger partial charge in [0.25, 0.3) is 5.91 Å². The van der Waals surface area contributed by atoms with E-state index in [1.807, 2.05) is 6.92 Å². The molecule has 2 rings (SSSR count). The lowest BCUT2D eigenvalue weighted by atomic mass is 9.54. The number of rotatable bonds is 6. The van der Waals surface area contributed by atoms with Crippen molar-refractivity contribution in [2.75, 3.05) is 13.7 Å². The molecule has 2 atom stereocenters. The third kappa shape index (κ3) is 2.73. The molecule has 7 nitrogen and oxygen atoms in total. The minimum absolute atomic E-state index is 0.173. The lowest BCUT2D eigenvalue weighted by Gasteiger charge is -2.58. The molecule has 1 amide bonds. The van der Waals surface area contributed by atoms with Crippen molar-refractivity contribution in [3.05, 3.63) is 23.4 Å². The van der Waals surface area contributed by atoms with Gasteiger partial charge >= 0.3 is 5.97 Å². The summed E-state index contributed by atoms with van der Waals surface area (Å²) in [5.74, 6) is -1.42. The highest BCUT2D eigenvalue weighted by Gasteiger charge is 2.66. The quantitative estimate of drug-likeness (QED) is 0.822. The number of carboxylic acids is 1. The van der Waals surface area contributed by atoms with Gasteiger partial charge in [-0.1, -0.05) is 13.8 Å². The fraction of sp³-hybridized carbons (Fsp3) is 0.588. The number of carboxylic acid groups (broad SMARTS) is 1. The SMILES string of the molecule is CCOC1CC(NC(=O)c2ccc(C)nc2OC)(C(=O)O)C1(C)C. The topological polar surface area (TPSA) is 97.8 Å². The lowest BCUT2D eigenvalue weighted by Crippen LogP contribution is -2.76. The van der Waals surface area contributed by atoms with Crippen LogP contribution in [0.2, 0.25) is 0 Å². The smallest absolute Gasteiger partial charge is 0.330 e. The fourth-order valence-electron chi connectivity index (χ4n) is 3.16. The van der Waals surface area contributed by atoms with E-state index in [0.717, 1.165) is 0 Å². The number of hydrogen-bond acceptors (Lipinski definition) is 5. The molecule has 1 heterocycles. The third-order valence-corrected chi connectivity index (χ3v) is 4.89. The van der Waals surface area contributed by atoms with Crippen molar-refractivity contribution < 1.29 is 24.2 Å². The van der Waals surface area contributed by atoms with Crippen molar-refractivity contribution in [2.45, 2.75) is 45.8 Å². The van der Waals surface area contributed by atoms with Crippen LogP contribution in [0.4, 0.5) is 0 Å². The second-order valence-corrected chi connectivity index (χ2v) is 6.54. The van der Waals surface area contributed by atoms with E-state index in [1.165, 1.54) is 7.11 Å². The molecule has 0 saturated heterocycles. The summed E-state index contributed by atoms with van der Waals surface area (Å²) >= 11 is 0.